The van der Waals surface area contributed by atoms with Gasteiger partial charge in [-0.05, 0) is 115 Å². The first kappa shape index (κ1) is 36.9. The summed E-state index contributed by atoms with van der Waals surface area (Å²) >= 11 is 15.5. The molecule has 3 N–H and O–H groups in total. The number of nitrogens with one attached hydrogen (secondary N) is 1. The van der Waals surface area contributed by atoms with Gasteiger partial charge in [-0.25, -0.2) is 0 Å². The molecule has 55 heavy (non-hydrogen) atoms. The quantitative estimate of drug-likeness (QED) is 0.171. The van der Waals surface area contributed by atoms with Gasteiger partial charge in [0.05, 0.1) is 21.4 Å². The van der Waals surface area contributed by atoms with Crippen LogP contribution in [0.4, 0.5) is 17.1 Å². The molecule has 2 aliphatic rings. The summed E-state index contributed by atoms with van der Waals surface area (Å²) < 4.78 is 1.15. The Morgan fingerprint density at radius 3 is 1.51 bits per heavy atom. The zero-order valence-electron chi connectivity index (χ0n) is 31.2. The van der Waals surface area contributed by atoms with E-state index in [9.17, 15) is 0 Å². The maximum Gasteiger partial charge on any atom is 0.0640 e. The number of fused-ring (bicyclic) bond motifs is 10. The molecule has 0 aromatic heterocycles. The van der Waals surface area contributed by atoms with Crippen molar-refractivity contribution in [2.75, 3.05) is 11.1 Å². The van der Waals surface area contributed by atoms with Crippen molar-refractivity contribution in [1.29, 1.82) is 0 Å². The molecule has 8 aromatic rings. The van der Waals surface area contributed by atoms with Crippen molar-refractivity contribution in [3.8, 4) is 22.3 Å². The average Bonchev–Trinajstić information content (AvgIpc) is 3.56. The summed E-state index contributed by atoms with van der Waals surface area (Å²) in [5, 5.41) is 10.2. The molecule has 0 atom stereocenters. The third-order valence-electron chi connectivity index (χ3n) is 11.1. The highest BCUT2D eigenvalue weighted by molar-refractivity contribution is 9.10. The highest BCUT2D eigenvalue weighted by Gasteiger charge is 2.38. The molecule has 2 aliphatic carbocycles. The lowest BCUT2D eigenvalue weighted by atomic mass is 9.80. The maximum atomic E-state index is 6.32. The van der Waals surface area contributed by atoms with Crippen molar-refractivity contribution < 1.29 is 0 Å². The summed E-state index contributed by atoms with van der Waals surface area (Å²) in [5.41, 5.74) is 19.1. The van der Waals surface area contributed by atoms with E-state index in [0.29, 0.717) is 10.7 Å². The van der Waals surface area contributed by atoms with Crippen molar-refractivity contribution >= 4 is 77.7 Å². The fourth-order valence-corrected chi connectivity index (χ4v) is 9.12. The van der Waals surface area contributed by atoms with E-state index >= 15 is 0 Å². The minimum atomic E-state index is -0.0519. The molecule has 0 amide bonds. The van der Waals surface area contributed by atoms with Crippen LogP contribution in [0.25, 0.3) is 43.8 Å². The first-order valence-corrected chi connectivity index (χ1v) is 20.0. The zero-order chi connectivity index (χ0) is 38.5. The first-order valence-electron chi connectivity index (χ1n) is 18.5. The van der Waals surface area contributed by atoms with Crippen molar-refractivity contribution in [2.45, 2.75) is 38.5 Å². The van der Waals surface area contributed by atoms with Gasteiger partial charge in [0.15, 0.2) is 0 Å². The van der Waals surface area contributed by atoms with Crippen LogP contribution in [-0.4, -0.2) is 0 Å². The predicted octanol–water partition coefficient (Wildman–Crippen LogP) is 15.4. The van der Waals surface area contributed by atoms with Gasteiger partial charge in [-0.3, -0.25) is 0 Å². The Bertz CT molecular complexity index is 2730. The van der Waals surface area contributed by atoms with E-state index < -0.39 is 0 Å². The summed E-state index contributed by atoms with van der Waals surface area (Å²) in [4.78, 5) is 0. The Morgan fingerprint density at radius 1 is 0.491 bits per heavy atom. The fourth-order valence-electron chi connectivity index (χ4n) is 8.44. The summed E-state index contributed by atoms with van der Waals surface area (Å²) in [5.74, 6) is 0. The number of rotatable bonds is 2. The molecule has 0 saturated heterocycles. The summed E-state index contributed by atoms with van der Waals surface area (Å²) in [6.45, 7) is 9.31. The van der Waals surface area contributed by atoms with Gasteiger partial charge in [0.25, 0.3) is 0 Å². The number of anilines is 3. The van der Waals surface area contributed by atoms with E-state index in [0.717, 1.165) is 20.9 Å². The molecule has 0 radical (unpaired) electrons. The SMILES string of the molecule is CC1(C)c2cc(Br)ccc2-c2ccc3ccccc3c21.CC1(C)c2cc(Nc3ccccc3Cl)ccc2-c2ccc3ccccc3c21.Nc1ccccc1Cl. The van der Waals surface area contributed by atoms with E-state index in [1.54, 1.807) is 12.1 Å². The molecular weight excluding hydrogens is 779 g/mol. The van der Waals surface area contributed by atoms with Gasteiger partial charge in [-0.15, -0.1) is 0 Å². The lowest BCUT2D eigenvalue weighted by Crippen LogP contribution is -2.15. The van der Waals surface area contributed by atoms with E-state index in [4.69, 9.17) is 28.9 Å². The van der Waals surface area contributed by atoms with Gasteiger partial charge >= 0.3 is 0 Å². The van der Waals surface area contributed by atoms with Crippen LogP contribution in [0.5, 0.6) is 0 Å². The normalized spacial score (nSPS) is 13.7. The summed E-state index contributed by atoms with van der Waals surface area (Å²) in [6.07, 6.45) is 0. The molecule has 0 spiro atoms. The minimum Gasteiger partial charge on any atom is -0.398 e. The molecule has 272 valence electrons. The molecular formula is C50H41BrCl2N2. The highest BCUT2D eigenvalue weighted by atomic mass is 79.9. The third kappa shape index (κ3) is 6.69. The molecule has 2 nitrogen and oxygen atoms in total. The van der Waals surface area contributed by atoms with Gasteiger partial charge in [0.2, 0.25) is 0 Å². The highest BCUT2D eigenvalue weighted by Crippen LogP contribution is 2.53. The molecule has 10 rings (SSSR count). The largest absolute Gasteiger partial charge is 0.398 e. The molecule has 0 fully saturated rings. The van der Waals surface area contributed by atoms with E-state index in [1.165, 1.54) is 66.1 Å². The second kappa shape index (κ2) is 14.5. The van der Waals surface area contributed by atoms with Gasteiger partial charge in [0, 0.05) is 21.0 Å². The standard InChI is InChI=1S/C25H20ClN.C19H15Br.C6H6ClN/c1-25(2)21-15-17(27-23-10-6-5-9-22(23)26)12-14-19(21)20-13-11-16-7-3-4-8-18(16)24(20)25;1-19(2)17-11-13(20)8-10-15(17)16-9-7-12-5-3-4-6-14(12)18(16)19;7-5-3-1-2-4-6(5)8/h3-15,27H,1-2H3;3-11H,1-2H3;1-4H,8H2. The van der Waals surface area contributed by atoms with Gasteiger partial charge in [-0.1, -0.05) is 176 Å². The smallest absolute Gasteiger partial charge is 0.0640 e. The molecule has 0 unspecified atom stereocenters. The van der Waals surface area contributed by atoms with Crippen molar-refractivity contribution in [3.05, 3.63) is 194 Å². The number of benzene rings is 8. The third-order valence-corrected chi connectivity index (χ3v) is 12.3. The molecule has 0 bridgehead atoms. The molecule has 5 heteroatoms. The number of halogens is 3. The zero-order valence-corrected chi connectivity index (χ0v) is 34.3. The van der Waals surface area contributed by atoms with E-state index in [2.05, 4.69) is 158 Å². The number of nitrogens with two attached hydrogens (primary N) is 1. The van der Waals surface area contributed by atoms with E-state index in [-0.39, 0.29) is 10.8 Å². The maximum absolute atomic E-state index is 6.32. The van der Waals surface area contributed by atoms with Crippen LogP contribution in [0.15, 0.2) is 162 Å². The Labute approximate surface area is 342 Å². The Kier molecular flexibility index (Phi) is 9.76. The van der Waals surface area contributed by atoms with Gasteiger partial charge < -0.3 is 11.1 Å². The number of para-hydroxylation sites is 2. The first-order chi connectivity index (χ1) is 26.4. The van der Waals surface area contributed by atoms with Crippen LogP contribution in [0.1, 0.15) is 49.9 Å². The lowest BCUT2D eigenvalue weighted by molar-refractivity contribution is 0.666. The second-order valence-corrected chi connectivity index (χ2v) is 17.0. The Balaban J connectivity index is 0.000000133. The van der Waals surface area contributed by atoms with Crippen LogP contribution in [0, 0.1) is 0 Å². The minimum absolute atomic E-state index is 0.0509. The molecule has 0 aliphatic heterocycles. The number of hydrogen-bond acceptors (Lipinski definition) is 2. The number of hydrogen-bond donors (Lipinski definition) is 2. The summed E-state index contributed by atoms with van der Waals surface area (Å²) in [7, 11) is 0. The van der Waals surface area contributed by atoms with Crippen LogP contribution in [-0.2, 0) is 10.8 Å². The van der Waals surface area contributed by atoms with Crippen LogP contribution in [0.2, 0.25) is 10.0 Å². The van der Waals surface area contributed by atoms with E-state index in [1.807, 2.05) is 36.4 Å². The number of nitrogen functional groups attached to an aromatic ring is 1. The summed E-state index contributed by atoms with van der Waals surface area (Å²) in [6, 6.07) is 54.7. The fraction of sp³-hybridized carbons (Fsp3) is 0.120. The van der Waals surface area contributed by atoms with Crippen molar-refractivity contribution in [3.63, 3.8) is 0 Å². The Morgan fingerprint density at radius 2 is 0.964 bits per heavy atom. The molecule has 8 aromatic carbocycles. The molecule has 0 saturated carbocycles. The van der Waals surface area contributed by atoms with Crippen LogP contribution < -0.4 is 11.1 Å². The van der Waals surface area contributed by atoms with Crippen LogP contribution >= 0.6 is 39.1 Å². The molecule has 0 heterocycles. The topological polar surface area (TPSA) is 38.0 Å². The van der Waals surface area contributed by atoms with Crippen LogP contribution in [0.3, 0.4) is 0 Å². The monoisotopic (exact) mass is 818 g/mol. The predicted molar refractivity (Wildman–Crippen MR) is 241 cm³/mol. The van der Waals surface area contributed by atoms with Crippen molar-refractivity contribution in [2.24, 2.45) is 0 Å². The van der Waals surface area contributed by atoms with Crippen molar-refractivity contribution in [1.82, 2.24) is 0 Å². The lowest BCUT2D eigenvalue weighted by Gasteiger charge is -2.23. The Hall–Kier alpha value is -5.06. The van der Waals surface area contributed by atoms with Gasteiger partial charge in [0.1, 0.15) is 0 Å². The van der Waals surface area contributed by atoms with Gasteiger partial charge in [-0.2, -0.15) is 0 Å². The second-order valence-electron chi connectivity index (χ2n) is 15.2. The average molecular weight is 821 g/mol.